The average Bonchev–Trinajstić information content (AvgIpc) is 2.41. The maximum Gasteiger partial charge on any atom is 0.240 e. The number of anilines is 1. The third-order valence-electron chi connectivity index (χ3n) is 3.55. The number of aliphatic hydroxyl groups excluding tert-OH is 1. The van der Waals surface area contributed by atoms with E-state index in [1.54, 1.807) is 0 Å². The van der Waals surface area contributed by atoms with Gasteiger partial charge >= 0.3 is 0 Å². The fourth-order valence-electron chi connectivity index (χ4n) is 2.55. The number of hydrogen-bond acceptors (Lipinski definition) is 3. The van der Waals surface area contributed by atoms with Crippen molar-refractivity contribution < 1.29 is 14.7 Å². The quantitative estimate of drug-likeness (QED) is 0.855. The zero-order chi connectivity index (χ0) is 14.8. The molecule has 0 bridgehead atoms. The molecule has 0 radical (unpaired) electrons. The highest BCUT2D eigenvalue weighted by molar-refractivity contribution is 6.02. The van der Waals surface area contributed by atoms with E-state index in [-0.39, 0.29) is 36.9 Å². The predicted molar refractivity (Wildman–Crippen MR) is 76.5 cm³/mol. The predicted octanol–water partition coefficient (Wildman–Crippen LogP) is 0.809. The van der Waals surface area contributed by atoms with Crippen LogP contribution < -0.4 is 10.2 Å². The van der Waals surface area contributed by atoms with E-state index in [0.29, 0.717) is 6.42 Å². The van der Waals surface area contributed by atoms with E-state index >= 15 is 0 Å². The molecule has 2 amide bonds. The lowest BCUT2D eigenvalue weighted by atomic mass is 9.77. The van der Waals surface area contributed by atoms with Crippen molar-refractivity contribution in [2.24, 2.45) is 0 Å². The smallest absolute Gasteiger partial charge is 0.240 e. The van der Waals surface area contributed by atoms with E-state index in [4.69, 9.17) is 5.11 Å². The number of benzene rings is 1. The summed E-state index contributed by atoms with van der Waals surface area (Å²) in [5.41, 5.74) is 1.66. The minimum absolute atomic E-state index is 0.00801. The molecule has 0 unspecified atom stereocenters. The number of amides is 2. The van der Waals surface area contributed by atoms with Crippen LogP contribution in [-0.4, -0.2) is 36.6 Å². The molecule has 0 saturated heterocycles. The lowest BCUT2D eigenvalue weighted by Gasteiger charge is -2.38. The van der Waals surface area contributed by atoms with Crippen molar-refractivity contribution in [2.45, 2.75) is 25.7 Å². The van der Waals surface area contributed by atoms with Crippen LogP contribution in [0.1, 0.15) is 25.8 Å². The first-order chi connectivity index (χ1) is 9.45. The van der Waals surface area contributed by atoms with E-state index < -0.39 is 0 Å². The number of carbonyl (C=O) groups excluding carboxylic acids is 2. The van der Waals surface area contributed by atoms with E-state index in [1.807, 2.05) is 38.1 Å². The number of rotatable bonds is 4. The number of nitrogens with one attached hydrogen (secondary N) is 1. The van der Waals surface area contributed by atoms with Crippen LogP contribution in [-0.2, 0) is 15.0 Å². The Labute approximate surface area is 118 Å². The van der Waals surface area contributed by atoms with Gasteiger partial charge < -0.3 is 15.3 Å². The van der Waals surface area contributed by atoms with E-state index in [0.717, 1.165) is 11.3 Å². The Morgan fingerprint density at radius 2 is 2.10 bits per heavy atom. The molecule has 1 aliphatic rings. The molecule has 2 rings (SSSR count). The lowest BCUT2D eigenvalue weighted by molar-refractivity contribution is -0.124. The van der Waals surface area contributed by atoms with Crippen molar-refractivity contribution in [1.82, 2.24) is 5.32 Å². The average molecular weight is 276 g/mol. The molecular formula is C15H20N2O3. The van der Waals surface area contributed by atoms with Crippen molar-refractivity contribution in [1.29, 1.82) is 0 Å². The molecule has 0 aliphatic carbocycles. The van der Waals surface area contributed by atoms with Gasteiger partial charge in [-0.05, 0) is 11.6 Å². The summed E-state index contributed by atoms with van der Waals surface area (Å²) in [7, 11) is 0. The minimum atomic E-state index is -0.262. The molecular weight excluding hydrogens is 256 g/mol. The van der Waals surface area contributed by atoms with Crippen LogP contribution >= 0.6 is 0 Å². The standard InChI is InChI=1S/C15H20N2O3/c1-15(2)9-14(20)17(10-13(19)16-7-8-18)12-6-4-3-5-11(12)15/h3-6,18H,7-10H2,1-2H3,(H,16,19). The highest BCUT2D eigenvalue weighted by Gasteiger charge is 2.36. The summed E-state index contributed by atoms with van der Waals surface area (Å²) >= 11 is 0. The third-order valence-corrected chi connectivity index (χ3v) is 3.55. The monoisotopic (exact) mass is 276 g/mol. The van der Waals surface area contributed by atoms with Crippen LogP contribution in [0.4, 0.5) is 5.69 Å². The summed E-state index contributed by atoms with van der Waals surface area (Å²) in [5.74, 6) is -0.310. The summed E-state index contributed by atoms with van der Waals surface area (Å²) in [6.45, 7) is 4.16. The summed E-state index contributed by atoms with van der Waals surface area (Å²) in [4.78, 5) is 25.6. The first kappa shape index (κ1) is 14.5. The number of nitrogens with zero attached hydrogens (tertiary/aromatic N) is 1. The topological polar surface area (TPSA) is 69.6 Å². The third kappa shape index (κ3) is 2.82. The number of hydrogen-bond donors (Lipinski definition) is 2. The van der Waals surface area contributed by atoms with E-state index in [1.165, 1.54) is 4.90 Å². The summed E-state index contributed by atoms with van der Waals surface area (Å²) in [5, 5.41) is 11.3. The second-order valence-electron chi connectivity index (χ2n) is 5.63. The molecule has 1 aromatic carbocycles. The molecule has 1 aromatic rings. The normalized spacial score (nSPS) is 16.8. The molecule has 2 N–H and O–H groups in total. The van der Waals surface area contributed by atoms with Gasteiger partial charge in [-0.3, -0.25) is 9.59 Å². The zero-order valence-electron chi connectivity index (χ0n) is 11.8. The zero-order valence-corrected chi connectivity index (χ0v) is 11.8. The summed E-state index contributed by atoms with van der Waals surface area (Å²) in [6.07, 6.45) is 0.386. The van der Waals surface area contributed by atoms with Crippen molar-refractivity contribution in [2.75, 3.05) is 24.6 Å². The maximum atomic E-state index is 12.3. The summed E-state index contributed by atoms with van der Waals surface area (Å²) < 4.78 is 0. The Morgan fingerprint density at radius 1 is 1.40 bits per heavy atom. The van der Waals surface area contributed by atoms with E-state index in [2.05, 4.69) is 5.32 Å². The van der Waals surface area contributed by atoms with Crippen LogP contribution in [0.15, 0.2) is 24.3 Å². The second-order valence-corrected chi connectivity index (χ2v) is 5.63. The molecule has 0 fully saturated rings. The van der Waals surface area contributed by atoms with Gasteiger partial charge in [0.05, 0.1) is 6.61 Å². The Kier molecular flexibility index (Phi) is 4.09. The number of fused-ring (bicyclic) bond motifs is 1. The Hall–Kier alpha value is -1.88. The van der Waals surface area contributed by atoms with Crippen LogP contribution in [0.25, 0.3) is 0 Å². The lowest BCUT2D eigenvalue weighted by Crippen LogP contribution is -2.47. The highest BCUT2D eigenvalue weighted by Crippen LogP contribution is 2.39. The van der Waals surface area contributed by atoms with E-state index in [9.17, 15) is 9.59 Å². The maximum absolute atomic E-state index is 12.3. The minimum Gasteiger partial charge on any atom is -0.395 e. The molecule has 108 valence electrons. The van der Waals surface area contributed by atoms with Crippen molar-refractivity contribution >= 4 is 17.5 Å². The molecule has 0 saturated carbocycles. The molecule has 5 nitrogen and oxygen atoms in total. The Morgan fingerprint density at radius 3 is 2.80 bits per heavy atom. The van der Waals surface area contributed by atoms with Crippen molar-refractivity contribution in [3.05, 3.63) is 29.8 Å². The van der Waals surface area contributed by atoms with Gasteiger partial charge in [-0.15, -0.1) is 0 Å². The van der Waals surface area contributed by atoms with Crippen molar-refractivity contribution in [3.63, 3.8) is 0 Å². The van der Waals surface area contributed by atoms with Gasteiger partial charge in [0.1, 0.15) is 6.54 Å². The number of carbonyl (C=O) groups is 2. The van der Waals surface area contributed by atoms with Crippen molar-refractivity contribution in [3.8, 4) is 0 Å². The van der Waals surface area contributed by atoms with Gasteiger partial charge in [-0.2, -0.15) is 0 Å². The largest absolute Gasteiger partial charge is 0.395 e. The highest BCUT2D eigenvalue weighted by atomic mass is 16.3. The molecule has 1 heterocycles. The number of para-hydroxylation sites is 1. The van der Waals surface area contributed by atoms with Gasteiger partial charge in [0.15, 0.2) is 0 Å². The first-order valence-electron chi connectivity index (χ1n) is 6.73. The van der Waals surface area contributed by atoms with Crippen LogP contribution in [0.5, 0.6) is 0 Å². The Balaban J connectivity index is 2.25. The van der Waals surface area contributed by atoms with Gasteiger partial charge in [-0.1, -0.05) is 32.0 Å². The molecule has 0 atom stereocenters. The van der Waals surface area contributed by atoms with Gasteiger partial charge in [0.2, 0.25) is 11.8 Å². The van der Waals surface area contributed by atoms with Crippen LogP contribution in [0.2, 0.25) is 0 Å². The summed E-state index contributed by atoms with van der Waals surface area (Å²) in [6, 6.07) is 7.68. The number of aliphatic hydroxyl groups is 1. The molecule has 1 aliphatic heterocycles. The molecule has 5 heteroatoms. The van der Waals surface area contributed by atoms with Gasteiger partial charge in [0.25, 0.3) is 0 Å². The molecule has 20 heavy (non-hydrogen) atoms. The Bertz CT molecular complexity index is 526. The fourth-order valence-corrected chi connectivity index (χ4v) is 2.55. The van der Waals surface area contributed by atoms with Gasteiger partial charge in [0, 0.05) is 24.1 Å². The molecule has 0 aromatic heterocycles. The first-order valence-corrected chi connectivity index (χ1v) is 6.73. The van der Waals surface area contributed by atoms with Crippen LogP contribution in [0, 0.1) is 0 Å². The molecule has 0 spiro atoms. The second kappa shape index (κ2) is 5.63. The van der Waals surface area contributed by atoms with Gasteiger partial charge in [-0.25, -0.2) is 0 Å². The van der Waals surface area contributed by atoms with Crippen LogP contribution in [0.3, 0.4) is 0 Å². The fraction of sp³-hybridized carbons (Fsp3) is 0.467. The SMILES string of the molecule is CC1(C)CC(=O)N(CC(=O)NCCO)c2ccccc21.